The van der Waals surface area contributed by atoms with Crippen LogP contribution in [0.4, 0.5) is 11.5 Å². The average Bonchev–Trinajstić information content (AvgIpc) is 3.63. The molecule has 35 heavy (non-hydrogen) atoms. The van der Waals surface area contributed by atoms with Crippen molar-refractivity contribution in [2.75, 3.05) is 10.6 Å². The number of benzene rings is 2. The van der Waals surface area contributed by atoms with Gasteiger partial charge in [0, 0.05) is 12.7 Å². The highest BCUT2D eigenvalue weighted by Gasteiger charge is 2.19. The highest BCUT2D eigenvalue weighted by atomic mass is 32.1. The molecule has 0 aliphatic carbocycles. The zero-order valence-corrected chi connectivity index (χ0v) is 19.1. The minimum absolute atomic E-state index is 0.216. The van der Waals surface area contributed by atoms with E-state index in [0.29, 0.717) is 38.8 Å². The van der Waals surface area contributed by atoms with Crippen molar-refractivity contribution in [2.45, 2.75) is 6.54 Å². The van der Waals surface area contributed by atoms with Gasteiger partial charge in [-0.15, -0.1) is 11.3 Å². The van der Waals surface area contributed by atoms with Gasteiger partial charge >= 0.3 is 0 Å². The molecule has 0 aliphatic heterocycles. The van der Waals surface area contributed by atoms with Crippen LogP contribution in [0.5, 0.6) is 0 Å². The summed E-state index contributed by atoms with van der Waals surface area (Å²) in [7, 11) is 0. The van der Waals surface area contributed by atoms with Gasteiger partial charge in [-0.25, -0.2) is 0 Å². The molecule has 9 nitrogen and oxygen atoms in total. The number of hydrogen-bond donors (Lipinski definition) is 5. The first-order valence-electron chi connectivity index (χ1n) is 10.7. The van der Waals surface area contributed by atoms with Crippen LogP contribution < -0.4 is 16.0 Å². The number of thiophene rings is 1. The summed E-state index contributed by atoms with van der Waals surface area (Å²) in [6.07, 6.45) is 1.65. The van der Waals surface area contributed by atoms with Crippen LogP contribution in [0.1, 0.15) is 36.1 Å². The molecule has 2 aromatic carbocycles. The third-order valence-corrected chi connectivity index (χ3v) is 6.30. The first-order valence-corrected chi connectivity index (χ1v) is 11.6. The highest BCUT2D eigenvalue weighted by Crippen LogP contribution is 2.30. The second-order valence-corrected chi connectivity index (χ2v) is 8.66. The van der Waals surface area contributed by atoms with E-state index in [4.69, 9.17) is 0 Å². The van der Waals surface area contributed by atoms with E-state index >= 15 is 0 Å². The van der Waals surface area contributed by atoms with Crippen LogP contribution in [0.25, 0.3) is 10.2 Å². The van der Waals surface area contributed by atoms with E-state index in [2.05, 4.69) is 31.1 Å². The third kappa shape index (κ3) is 4.82. The number of nitrogens with zero attached hydrogens (tertiary/aromatic N) is 1. The quantitative estimate of drug-likeness (QED) is 0.234. The molecular formula is C25H20N6O3S. The predicted octanol–water partition coefficient (Wildman–Crippen LogP) is 4.39. The Labute approximate surface area is 203 Å². The Morgan fingerprint density at radius 1 is 0.857 bits per heavy atom. The van der Waals surface area contributed by atoms with Crippen LogP contribution in [0.3, 0.4) is 0 Å². The van der Waals surface area contributed by atoms with Crippen molar-refractivity contribution in [2.24, 2.45) is 0 Å². The van der Waals surface area contributed by atoms with Crippen molar-refractivity contribution in [3.05, 3.63) is 101 Å². The smallest absolute Gasteiger partial charge is 0.272 e. The molecule has 3 heterocycles. The van der Waals surface area contributed by atoms with Gasteiger partial charge in [-0.1, -0.05) is 42.5 Å². The van der Waals surface area contributed by atoms with E-state index in [9.17, 15) is 14.4 Å². The fourth-order valence-electron chi connectivity index (χ4n) is 3.52. The van der Waals surface area contributed by atoms with Crippen molar-refractivity contribution in [3.8, 4) is 0 Å². The van der Waals surface area contributed by atoms with E-state index in [0.717, 1.165) is 5.56 Å². The number of aromatic amines is 2. The summed E-state index contributed by atoms with van der Waals surface area (Å²) in [6.45, 7) is 0.413. The number of fused-ring (bicyclic) bond motifs is 1. The van der Waals surface area contributed by atoms with E-state index < -0.39 is 5.91 Å². The molecule has 174 valence electrons. The summed E-state index contributed by atoms with van der Waals surface area (Å²) in [5.41, 5.74) is 2.03. The molecule has 0 bridgehead atoms. The van der Waals surface area contributed by atoms with Gasteiger partial charge in [0.25, 0.3) is 17.7 Å². The topological polar surface area (TPSA) is 132 Å². The second-order valence-electron chi connectivity index (χ2n) is 7.63. The minimum Gasteiger partial charge on any atom is -0.357 e. The summed E-state index contributed by atoms with van der Waals surface area (Å²) in [6, 6.07) is 21.4. The van der Waals surface area contributed by atoms with Gasteiger partial charge in [0.05, 0.1) is 21.5 Å². The fraction of sp³-hybridized carbons (Fsp3) is 0.0400. The van der Waals surface area contributed by atoms with Crippen LogP contribution in [0.15, 0.2) is 79.0 Å². The van der Waals surface area contributed by atoms with Gasteiger partial charge in [-0.2, -0.15) is 5.10 Å². The van der Waals surface area contributed by atoms with E-state index in [-0.39, 0.29) is 17.4 Å². The Kier molecular flexibility index (Phi) is 6.10. The zero-order chi connectivity index (χ0) is 24.2. The molecule has 0 radical (unpaired) electrons. The van der Waals surface area contributed by atoms with Gasteiger partial charge in [0.15, 0.2) is 0 Å². The van der Waals surface area contributed by atoms with Gasteiger partial charge < -0.3 is 20.9 Å². The number of H-pyrrole nitrogens is 2. The maximum Gasteiger partial charge on any atom is 0.272 e. The molecule has 10 heteroatoms. The number of carbonyl (C=O) groups is 3. The summed E-state index contributed by atoms with van der Waals surface area (Å²) in [4.78, 5) is 42.0. The number of anilines is 2. The van der Waals surface area contributed by atoms with Gasteiger partial charge in [0.1, 0.15) is 16.3 Å². The first kappa shape index (κ1) is 22.1. The lowest BCUT2D eigenvalue weighted by Crippen LogP contribution is -2.21. The number of nitrogens with one attached hydrogen (secondary N) is 5. The molecular weight excluding hydrogens is 464 g/mol. The van der Waals surface area contributed by atoms with E-state index in [1.807, 2.05) is 30.3 Å². The zero-order valence-electron chi connectivity index (χ0n) is 18.3. The van der Waals surface area contributed by atoms with Crippen LogP contribution >= 0.6 is 11.3 Å². The van der Waals surface area contributed by atoms with Crippen molar-refractivity contribution in [1.29, 1.82) is 0 Å². The summed E-state index contributed by atoms with van der Waals surface area (Å²) in [5, 5.41) is 16.1. The van der Waals surface area contributed by atoms with E-state index in [1.165, 1.54) is 11.3 Å². The summed E-state index contributed by atoms with van der Waals surface area (Å²) >= 11 is 1.23. The third-order valence-electron chi connectivity index (χ3n) is 5.27. The van der Waals surface area contributed by atoms with Crippen molar-refractivity contribution in [1.82, 2.24) is 20.5 Å². The fourth-order valence-corrected chi connectivity index (χ4v) is 4.43. The number of para-hydroxylation sites is 1. The molecule has 5 rings (SSSR count). The SMILES string of the molecule is O=C(Nc1ccccc1C(=O)Nc1[nH]nc2sc(C(=O)NCc3ccccc3)cc12)c1ccc[nH]1. The number of amides is 3. The lowest BCUT2D eigenvalue weighted by Gasteiger charge is -2.10. The van der Waals surface area contributed by atoms with E-state index in [1.54, 1.807) is 48.7 Å². The molecule has 0 saturated carbocycles. The van der Waals surface area contributed by atoms with Gasteiger partial charge in [0.2, 0.25) is 0 Å². The van der Waals surface area contributed by atoms with Crippen LogP contribution in [0.2, 0.25) is 0 Å². The molecule has 0 unspecified atom stereocenters. The van der Waals surface area contributed by atoms with Crippen LogP contribution in [0, 0.1) is 0 Å². The molecule has 0 spiro atoms. The molecule has 0 saturated heterocycles. The first-order chi connectivity index (χ1) is 17.1. The van der Waals surface area contributed by atoms with Gasteiger partial charge in [-0.3, -0.25) is 19.5 Å². The number of hydrogen-bond acceptors (Lipinski definition) is 5. The Balaban J connectivity index is 1.30. The molecule has 3 aromatic heterocycles. The Hall–Kier alpha value is -4.70. The largest absolute Gasteiger partial charge is 0.357 e. The van der Waals surface area contributed by atoms with Crippen molar-refractivity contribution < 1.29 is 14.4 Å². The van der Waals surface area contributed by atoms with Crippen molar-refractivity contribution in [3.63, 3.8) is 0 Å². The lowest BCUT2D eigenvalue weighted by atomic mass is 10.1. The Morgan fingerprint density at radius 3 is 2.46 bits per heavy atom. The predicted molar refractivity (Wildman–Crippen MR) is 135 cm³/mol. The Bertz CT molecular complexity index is 1500. The molecule has 3 amide bonds. The average molecular weight is 485 g/mol. The lowest BCUT2D eigenvalue weighted by molar-refractivity contribution is 0.0953. The number of rotatable bonds is 7. The summed E-state index contributed by atoms with van der Waals surface area (Å²) in [5.74, 6) is -0.636. The molecule has 0 fully saturated rings. The van der Waals surface area contributed by atoms with Crippen molar-refractivity contribution >= 4 is 50.8 Å². The molecule has 5 aromatic rings. The second kappa shape index (κ2) is 9.65. The Morgan fingerprint density at radius 2 is 1.66 bits per heavy atom. The number of carbonyl (C=O) groups excluding carboxylic acids is 3. The van der Waals surface area contributed by atoms with Crippen LogP contribution in [-0.2, 0) is 6.54 Å². The standard InChI is InChI=1S/C25H20N6O3S/c32-22(16-9-4-5-10-18(16)28-23(33)19-11-6-12-26-19)29-21-17-13-20(35-25(17)31-30-21)24(34)27-14-15-7-2-1-3-8-15/h1-13,26H,14H2,(H,27,34)(H,28,33)(H2,29,30,31,32). The monoisotopic (exact) mass is 484 g/mol. The molecule has 0 atom stereocenters. The number of aromatic nitrogens is 3. The summed E-state index contributed by atoms with van der Waals surface area (Å²) < 4.78 is 0. The molecule has 0 aliphatic rings. The highest BCUT2D eigenvalue weighted by molar-refractivity contribution is 7.20. The van der Waals surface area contributed by atoms with Gasteiger partial charge in [-0.05, 0) is 35.9 Å². The maximum atomic E-state index is 13.1. The van der Waals surface area contributed by atoms with Crippen LogP contribution in [-0.4, -0.2) is 32.9 Å². The molecule has 5 N–H and O–H groups in total. The maximum absolute atomic E-state index is 13.1. The minimum atomic E-state index is -0.431. The normalized spacial score (nSPS) is 10.7.